The summed E-state index contributed by atoms with van der Waals surface area (Å²) < 4.78 is 10.5. The summed E-state index contributed by atoms with van der Waals surface area (Å²) in [5, 5.41) is 11.8. The first kappa shape index (κ1) is 18.3. The Labute approximate surface area is 148 Å². The van der Waals surface area contributed by atoms with Crippen molar-refractivity contribution in [2.24, 2.45) is 0 Å². The molecular formula is C20H22N2O3. The Bertz CT molecular complexity index is 741. The van der Waals surface area contributed by atoms with E-state index in [1.54, 1.807) is 32.4 Å². The molecule has 1 unspecified atom stereocenters. The number of nitriles is 1. The molecule has 0 saturated heterocycles. The zero-order chi connectivity index (χ0) is 18.2. The van der Waals surface area contributed by atoms with Crippen LogP contribution in [-0.2, 0) is 11.2 Å². The van der Waals surface area contributed by atoms with Crippen molar-refractivity contribution in [3.05, 3.63) is 59.2 Å². The van der Waals surface area contributed by atoms with Crippen molar-refractivity contribution < 1.29 is 14.3 Å². The number of methoxy groups -OCH3 is 2. The Kier molecular flexibility index (Phi) is 6.41. The van der Waals surface area contributed by atoms with E-state index in [-0.39, 0.29) is 11.9 Å². The zero-order valence-corrected chi connectivity index (χ0v) is 14.7. The van der Waals surface area contributed by atoms with Crippen LogP contribution in [0.15, 0.2) is 42.5 Å². The normalized spacial score (nSPS) is 11.3. The number of rotatable bonds is 7. The van der Waals surface area contributed by atoms with Crippen LogP contribution >= 0.6 is 0 Å². The van der Waals surface area contributed by atoms with Gasteiger partial charge in [0.25, 0.3) is 0 Å². The highest BCUT2D eigenvalue weighted by Gasteiger charge is 2.10. The molecule has 0 aliphatic carbocycles. The van der Waals surface area contributed by atoms with Gasteiger partial charge in [0.2, 0.25) is 5.91 Å². The Hall–Kier alpha value is -3.00. The number of hydrogen-bond acceptors (Lipinski definition) is 4. The van der Waals surface area contributed by atoms with Gasteiger partial charge >= 0.3 is 0 Å². The third-order valence-corrected chi connectivity index (χ3v) is 3.97. The molecule has 1 atom stereocenters. The van der Waals surface area contributed by atoms with Crippen molar-refractivity contribution in [2.45, 2.75) is 25.8 Å². The number of hydrogen-bond donors (Lipinski definition) is 1. The SMILES string of the molecule is COc1cc(CCC(=O)NC(C)c2ccc(C#N)cc2)cc(OC)c1. The van der Waals surface area contributed by atoms with Crippen LogP contribution in [0.2, 0.25) is 0 Å². The lowest BCUT2D eigenvalue weighted by atomic mass is 10.1. The van der Waals surface area contributed by atoms with Crippen molar-refractivity contribution in [1.29, 1.82) is 5.26 Å². The van der Waals surface area contributed by atoms with Crippen molar-refractivity contribution in [3.8, 4) is 17.6 Å². The van der Waals surface area contributed by atoms with E-state index in [0.29, 0.717) is 29.9 Å². The molecule has 2 aromatic rings. The fourth-order valence-electron chi connectivity index (χ4n) is 2.51. The maximum absolute atomic E-state index is 12.2. The van der Waals surface area contributed by atoms with Crippen molar-refractivity contribution in [2.75, 3.05) is 14.2 Å². The molecule has 2 aromatic carbocycles. The van der Waals surface area contributed by atoms with E-state index in [4.69, 9.17) is 14.7 Å². The second-order valence-electron chi connectivity index (χ2n) is 5.74. The summed E-state index contributed by atoms with van der Waals surface area (Å²) in [5.74, 6) is 1.39. The van der Waals surface area contributed by atoms with E-state index < -0.39 is 0 Å². The maximum atomic E-state index is 12.2. The van der Waals surface area contributed by atoms with Crippen molar-refractivity contribution in [1.82, 2.24) is 5.32 Å². The molecule has 2 rings (SSSR count). The standard InChI is InChI=1S/C20H22N2O3/c1-14(17-7-4-15(13-21)5-8-17)22-20(23)9-6-16-10-18(24-2)12-19(11-16)25-3/h4-5,7-8,10-12,14H,6,9H2,1-3H3,(H,22,23). The van der Waals surface area contributed by atoms with E-state index in [1.165, 1.54) is 0 Å². The molecular weight excluding hydrogens is 316 g/mol. The summed E-state index contributed by atoms with van der Waals surface area (Å²) in [6.07, 6.45) is 0.969. The molecule has 130 valence electrons. The van der Waals surface area contributed by atoms with Gasteiger partial charge in [0.05, 0.1) is 31.9 Å². The summed E-state index contributed by atoms with van der Waals surface area (Å²) in [4.78, 5) is 12.2. The quantitative estimate of drug-likeness (QED) is 0.840. The van der Waals surface area contributed by atoms with Crippen molar-refractivity contribution in [3.63, 3.8) is 0 Å². The lowest BCUT2D eigenvalue weighted by molar-refractivity contribution is -0.121. The molecule has 0 aliphatic rings. The third kappa shape index (κ3) is 5.25. The maximum Gasteiger partial charge on any atom is 0.220 e. The summed E-state index contributed by atoms with van der Waals surface area (Å²) in [7, 11) is 3.20. The van der Waals surface area contributed by atoms with Crippen LogP contribution in [0.5, 0.6) is 11.5 Å². The van der Waals surface area contributed by atoms with Gasteiger partial charge in [-0.05, 0) is 48.7 Å². The summed E-state index contributed by atoms with van der Waals surface area (Å²) in [5.41, 5.74) is 2.56. The van der Waals surface area contributed by atoms with Gasteiger partial charge in [-0.2, -0.15) is 5.26 Å². The van der Waals surface area contributed by atoms with Crippen LogP contribution in [-0.4, -0.2) is 20.1 Å². The predicted octanol–water partition coefficient (Wildman–Crippen LogP) is 3.39. The lowest BCUT2D eigenvalue weighted by Crippen LogP contribution is -2.26. The number of aryl methyl sites for hydroxylation is 1. The van der Waals surface area contributed by atoms with E-state index in [0.717, 1.165) is 11.1 Å². The van der Waals surface area contributed by atoms with Gasteiger partial charge < -0.3 is 14.8 Å². The van der Waals surface area contributed by atoms with Crippen LogP contribution in [0.25, 0.3) is 0 Å². The monoisotopic (exact) mass is 338 g/mol. The molecule has 0 aliphatic heterocycles. The molecule has 1 amide bonds. The van der Waals surface area contributed by atoms with Gasteiger partial charge in [0.15, 0.2) is 0 Å². The van der Waals surface area contributed by atoms with Gasteiger partial charge in [0, 0.05) is 12.5 Å². The Morgan fingerprint density at radius 2 is 1.72 bits per heavy atom. The molecule has 1 N–H and O–H groups in total. The summed E-state index contributed by atoms with van der Waals surface area (Å²) in [6.45, 7) is 1.92. The van der Waals surface area contributed by atoms with Gasteiger partial charge in [-0.1, -0.05) is 12.1 Å². The van der Waals surface area contributed by atoms with Gasteiger partial charge in [-0.15, -0.1) is 0 Å². The zero-order valence-electron chi connectivity index (χ0n) is 14.7. The molecule has 0 spiro atoms. The van der Waals surface area contributed by atoms with E-state index in [9.17, 15) is 4.79 Å². The molecule has 25 heavy (non-hydrogen) atoms. The topological polar surface area (TPSA) is 71.3 Å². The fraction of sp³-hybridized carbons (Fsp3) is 0.300. The first-order valence-electron chi connectivity index (χ1n) is 8.07. The van der Waals surface area contributed by atoms with Gasteiger partial charge in [-0.3, -0.25) is 4.79 Å². The highest BCUT2D eigenvalue weighted by molar-refractivity contribution is 5.76. The molecule has 5 nitrogen and oxygen atoms in total. The van der Waals surface area contributed by atoms with E-state index >= 15 is 0 Å². The number of benzene rings is 2. The number of carbonyl (C=O) groups is 1. The Morgan fingerprint density at radius 1 is 1.12 bits per heavy atom. The summed E-state index contributed by atoms with van der Waals surface area (Å²) >= 11 is 0. The first-order chi connectivity index (χ1) is 12.0. The van der Waals surface area contributed by atoms with E-state index in [1.807, 2.05) is 31.2 Å². The van der Waals surface area contributed by atoms with E-state index in [2.05, 4.69) is 11.4 Å². The fourth-order valence-corrected chi connectivity index (χ4v) is 2.51. The van der Waals surface area contributed by atoms with Crippen molar-refractivity contribution >= 4 is 5.91 Å². The molecule has 0 radical (unpaired) electrons. The lowest BCUT2D eigenvalue weighted by Gasteiger charge is -2.15. The highest BCUT2D eigenvalue weighted by atomic mass is 16.5. The minimum Gasteiger partial charge on any atom is -0.497 e. The third-order valence-electron chi connectivity index (χ3n) is 3.97. The smallest absolute Gasteiger partial charge is 0.220 e. The largest absolute Gasteiger partial charge is 0.497 e. The van der Waals surface area contributed by atoms with Crippen LogP contribution in [0.1, 0.15) is 36.1 Å². The minimum absolute atomic E-state index is 0.0290. The highest BCUT2D eigenvalue weighted by Crippen LogP contribution is 2.23. The number of ether oxygens (including phenoxy) is 2. The average molecular weight is 338 g/mol. The van der Waals surface area contributed by atoms with Gasteiger partial charge in [-0.25, -0.2) is 0 Å². The Morgan fingerprint density at radius 3 is 2.24 bits per heavy atom. The van der Waals surface area contributed by atoms with Crippen LogP contribution in [0, 0.1) is 11.3 Å². The van der Waals surface area contributed by atoms with Crippen LogP contribution in [0.3, 0.4) is 0 Å². The van der Waals surface area contributed by atoms with Crippen LogP contribution < -0.4 is 14.8 Å². The molecule has 0 heterocycles. The molecule has 0 fully saturated rings. The number of amides is 1. The first-order valence-corrected chi connectivity index (χ1v) is 8.07. The molecule has 0 aromatic heterocycles. The summed E-state index contributed by atoms with van der Waals surface area (Å²) in [6, 6.07) is 14.8. The number of carbonyl (C=O) groups excluding carboxylic acids is 1. The molecule has 0 saturated carbocycles. The molecule has 0 bridgehead atoms. The minimum atomic E-state index is -0.111. The second kappa shape index (κ2) is 8.74. The number of nitrogens with one attached hydrogen (secondary N) is 1. The van der Waals surface area contributed by atoms with Crippen LogP contribution in [0.4, 0.5) is 0 Å². The number of nitrogens with zero attached hydrogens (tertiary/aromatic N) is 1. The Balaban J connectivity index is 1.92. The predicted molar refractivity (Wildman–Crippen MR) is 95.6 cm³/mol. The van der Waals surface area contributed by atoms with Gasteiger partial charge in [0.1, 0.15) is 11.5 Å². The second-order valence-corrected chi connectivity index (χ2v) is 5.74. The average Bonchev–Trinajstić information content (AvgIpc) is 2.66. The molecule has 5 heteroatoms.